The molecular weight excluding hydrogens is 242 g/mol. The van der Waals surface area contributed by atoms with Crippen LogP contribution in [0.15, 0.2) is 0 Å². The van der Waals surface area contributed by atoms with Gasteiger partial charge in [0.1, 0.15) is 0 Å². The number of hydrogen-bond donors (Lipinski definition) is 3. The van der Waals surface area contributed by atoms with Gasteiger partial charge >= 0.3 is 0 Å². The third-order valence-corrected chi connectivity index (χ3v) is 3.91. The number of carbonyl (C=O) groups is 1. The molecule has 0 spiro atoms. The average Bonchev–Trinajstić information content (AvgIpc) is 2.64. The van der Waals surface area contributed by atoms with E-state index in [2.05, 4.69) is 10.0 Å². The zero-order valence-electron chi connectivity index (χ0n) is 10.3. The Bertz CT molecular complexity index is 374. The molecule has 0 aromatic heterocycles. The van der Waals surface area contributed by atoms with Crippen LogP contribution in [0.25, 0.3) is 0 Å². The van der Waals surface area contributed by atoms with Crippen LogP contribution >= 0.6 is 0 Å². The summed E-state index contributed by atoms with van der Waals surface area (Å²) in [6, 6.07) is -0.769. The summed E-state index contributed by atoms with van der Waals surface area (Å²) in [6.45, 7) is 1.92. The minimum Gasteiger partial charge on any atom is -0.348 e. The lowest BCUT2D eigenvalue weighted by atomic mass is 9.97. The Morgan fingerprint density at radius 3 is 2.35 bits per heavy atom. The van der Waals surface area contributed by atoms with Crippen LogP contribution in [0.2, 0.25) is 0 Å². The van der Waals surface area contributed by atoms with Crippen molar-refractivity contribution in [1.29, 1.82) is 0 Å². The molecule has 0 aromatic carbocycles. The molecule has 1 atom stereocenters. The molecule has 0 bridgehead atoms. The Morgan fingerprint density at radius 2 is 1.94 bits per heavy atom. The summed E-state index contributed by atoms with van der Waals surface area (Å²) in [6.07, 6.45) is 4.85. The van der Waals surface area contributed by atoms with Crippen molar-refractivity contribution < 1.29 is 13.2 Å². The molecule has 1 aliphatic rings. The average molecular weight is 263 g/mol. The maximum atomic E-state index is 11.8. The van der Waals surface area contributed by atoms with Crippen molar-refractivity contribution in [2.75, 3.05) is 12.8 Å². The highest BCUT2D eigenvalue weighted by Crippen LogP contribution is 2.28. The van der Waals surface area contributed by atoms with Gasteiger partial charge in [-0.1, -0.05) is 12.8 Å². The molecule has 100 valence electrons. The largest absolute Gasteiger partial charge is 0.348 e. The molecule has 1 rings (SSSR count). The van der Waals surface area contributed by atoms with E-state index in [4.69, 9.17) is 5.73 Å². The normalized spacial score (nSPS) is 21.1. The summed E-state index contributed by atoms with van der Waals surface area (Å²) in [4.78, 5) is 11.8. The van der Waals surface area contributed by atoms with Crippen LogP contribution in [0.3, 0.4) is 0 Å². The fourth-order valence-corrected chi connectivity index (χ4v) is 2.93. The van der Waals surface area contributed by atoms with Crippen molar-refractivity contribution in [2.45, 2.75) is 44.2 Å². The van der Waals surface area contributed by atoms with Crippen molar-refractivity contribution in [3.8, 4) is 0 Å². The quantitative estimate of drug-likeness (QED) is 0.611. The third-order valence-electron chi connectivity index (χ3n) is 3.12. The van der Waals surface area contributed by atoms with Gasteiger partial charge in [-0.3, -0.25) is 4.79 Å². The molecule has 6 nitrogen and oxygen atoms in total. The zero-order valence-corrected chi connectivity index (χ0v) is 11.1. The second kappa shape index (κ2) is 5.32. The van der Waals surface area contributed by atoms with Gasteiger partial charge in [-0.2, -0.15) is 0 Å². The fourth-order valence-electron chi connectivity index (χ4n) is 2.18. The van der Waals surface area contributed by atoms with E-state index in [1.54, 1.807) is 0 Å². The first kappa shape index (κ1) is 14.4. The van der Waals surface area contributed by atoms with E-state index in [0.29, 0.717) is 6.54 Å². The molecule has 7 heteroatoms. The number of sulfonamides is 1. The molecule has 1 aliphatic carbocycles. The molecule has 17 heavy (non-hydrogen) atoms. The number of nitrogens with one attached hydrogen (secondary N) is 2. The molecule has 1 amide bonds. The molecule has 0 heterocycles. The van der Waals surface area contributed by atoms with Gasteiger partial charge in [0, 0.05) is 6.54 Å². The van der Waals surface area contributed by atoms with Gasteiger partial charge in [-0.05, 0) is 19.8 Å². The number of rotatable bonds is 5. The summed E-state index contributed by atoms with van der Waals surface area (Å²) in [5.41, 5.74) is 5.35. The van der Waals surface area contributed by atoms with E-state index < -0.39 is 16.1 Å². The molecular formula is C10H21N3O3S. The standard InChI is InChI=1S/C10H21N3O3S/c1-8(13-17(2,15)16)9(14)12-10(7-11)5-3-4-6-10/h8,13H,3-7,11H2,1-2H3,(H,12,14). The monoisotopic (exact) mass is 263 g/mol. The van der Waals surface area contributed by atoms with Gasteiger partial charge in [-0.15, -0.1) is 0 Å². The maximum absolute atomic E-state index is 11.8. The fraction of sp³-hybridized carbons (Fsp3) is 0.900. The smallest absolute Gasteiger partial charge is 0.238 e. The van der Waals surface area contributed by atoms with Crippen LogP contribution in [-0.2, 0) is 14.8 Å². The van der Waals surface area contributed by atoms with Gasteiger partial charge in [-0.25, -0.2) is 13.1 Å². The Kier molecular flexibility index (Phi) is 4.51. The van der Waals surface area contributed by atoms with Gasteiger partial charge in [0.05, 0.1) is 17.8 Å². The van der Waals surface area contributed by atoms with Crippen molar-refractivity contribution >= 4 is 15.9 Å². The van der Waals surface area contributed by atoms with Crippen LogP contribution in [0.5, 0.6) is 0 Å². The maximum Gasteiger partial charge on any atom is 0.238 e. The second-order valence-electron chi connectivity index (χ2n) is 4.79. The first-order valence-corrected chi connectivity index (χ1v) is 7.66. The van der Waals surface area contributed by atoms with Crippen LogP contribution in [0, 0.1) is 0 Å². The van der Waals surface area contributed by atoms with Gasteiger partial charge in [0.2, 0.25) is 15.9 Å². The van der Waals surface area contributed by atoms with Gasteiger partial charge < -0.3 is 11.1 Å². The highest BCUT2D eigenvalue weighted by Gasteiger charge is 2.35. The minimum absolute atomic E-state index is 0.317. The summed E-state index contributed by atoms with van der Waals surface area (Å²) in [5.74, 6) is -0.317. The Balaban J connectivity index is 2.59. The molecule has 0 aromatic rings. The first-order valence-electron chi connectivity index (χ1n) is 5.77. The number of nitrogens with two attached hydrogens (primary N) is 1. The summed E-state index contributed by atoms with van der Waals surface area (Å²) < 4.78 is 24.3. The van der Waals surface area contributed by atoms with Crippen LogP contribution in [0.4, 0.5) is 0 Å². The third kappa shape index (κ3) is 4.25. The number of amides is 1. The van der Waals surface area contributed by atoms with Gasteiger partial charge in [0.25, 0.3) is 0 Å². The lowest BCUT2D eigenvalue weighted by Crippen LogP contribution is -2.56. The van der Waals surface area contributed by atoms with E-state index in [1.807, 2.05) is 0 Å². The highest BCUT2D eigenvalue weighted by molar-refractivity contribution is 7.88. The molecule has 4 N–H and O–H groups in total. The molecule has 0 aliphatic heterocycles. The topological polar surface area (TPSA) is 101 Å². The molecule has 1 fully saturated rings. The van der Waals surface area contributed by atoms with E-state index in [-0.39, 0.29) is 11.4 Å². The van der Waals surface area contributed by atoms with Crippen LogP contribution in [-0.4, -0.2) is 38.7 Å². The lowest BCUT2D eigenvalue weighted by molar-refractivity contribution is -0.124. The van der Waals surface area contributed by atoms with Crippen molar-refractivity contribution in [2.24, 2.45) is 5.73 Å². The molecule has 0 saturated heterocycles. The Morgan fingerprint density at radius 1 is 1.41 bits per heavy atom. The summed E-state index contributed by atoms with van der Waals surface area (Å²) in [5, 5.41) is 2.87. The van der Waals surface area contributed by atoms with E-state index in [0.717, 1.165) is 31.9 Å². The molecule has 1 saturated carbocycles. The SMILES string of the molecule is CC(NS(C)(=O)=O)C(=O)NC1(CN)CCCC1. The predicted octanol–water partition coefficient (Wildman–Crippen LogP) is -0.688. The van der Waals surface area contributed by atoms with Crippen molar-refractivity contribution in [3.63, 3.8) is 0 Å². The Hall–Kier alpha value is -0.660. The summed E-state index contributed by atoms with van der Waals surface area (Å²) in [7, 11) is -3.37. The second-order valence-corrected chi connectivity index (χ2v) is 6.57. The van der Waals surface area contributed by atoms with Crippen LogP contribution in [0.1, 0.15) is 32.6 Å². The zero-order chi connectivity index (χ0) is 13.1. The van der Waals surface area contributed by atoms with E-state index in [1.165, 1.54) is 6.92 Å². The van der Waals surface area contributed by atoms with Crippen molar-refractivity contribution in [3.05, 3.63) is 0 Å². The van der Waals surface area contributed by atoms with Crippen molar-refractivity contribution in [1.82, 2.24) is 10.0 Å². The van der Waals surface area contributed by atoms with Crippen LogP contribution < -0.4 is 15.8 Å². The summed E-state index contributed by atoms with van der Waals surface area (Å²) >= 11 is 0. The van der Waals surface area contributed by atoms with E-state index in [9.17, 15) is 13.2 Å². The van der Waals surface area contributed by atoms with Gasteiger partial charge in [0.15, 0.2) is 0 Å². The predicted molar refractivity (Wildman–Crippen MR) is 65.8 cm³/mol. The molecule has 0 radical (unpaired) electrons. The minimum atomic E-state index is -3.37. The highest BCUT2D eigenvalue weighted by atomic mass is 32.2. The Labute approximate surface area is 102 Å². The molecule has 1 unspecified atom stereocenters. The lowest BCUT2D eigenvalue weighted by Gasteiger charge is -2.30. The van der Waals surface area contributed by atoms with E-state index >= 15 is 0 Å². The number of carbonyl (C=O) groups excluding carboxylic acids is 1. The number of hydrogen-bond acceptors (Lipinski definition) is 4. The first-order chi connectivity index (χ1) is 7.78.